The van der Waals surface area contributed by atoms with Gasteiger partial charge in [-0.25, -0.2) is 4.98 Å². The van der Waals surface area contributed by atoms with E-state index in [1.54, 1.807) is 11.3 Å². The first-order chi connectivity index (χ1) is 9.36. The predicted molar refractivity (Wildman–Crippen MR) is 88.2 cm³/mol. The van der Waals surface area contributed by atoms with Crippen LogP contribution in [-0.4, -0.2) is 11.0 Å². The van der Waals surface area contributed by atoms with Crippen LogP contribution in [0.5, 0.6) is 0 Å². The molecule has 1 aliphatic carbocycles. The molecular formula is C17H30N2S. The van der Waals surface area contributed by atoms with Crippen LogP contribution in [0.3, 0.4) is 0 Å². The molecule has 1 saturated carbocycles. The van der Waals surface area contributed by atoms with Crippen molar-refractivity contribution in [1.29, 1.82) is 0 Å². The van der Waals surface area contributed by atoms with E-state index >= 15 is 0 Å². The van der Waals surface area contributed by atoms with Crippen LogP contribution >= 0.6 is 11.3 Å². The Morgan fingerprint density at radius 1 is 1.25 bits per heavy atom. The Morgan fingerprint density at radius 2 is 2.00 bits per heavy atom. The lowest BCUT2D eigenvalue weighted by Gasteiger charge is -2.30. The minimum atomic E-state index is 0.393. The number of thiazole rings is 1. The lowest BCUT2D eigenvalue weighted by Crippen LogP contribution is -2.31. The van der Waals surface area contributed by atoms with E-state index in [1.165, 1.54) is 37.1 Å². The fraction of sp³-hybridized carbons (Fsp3) is 0.824. The van der Waals surface area contributed by atoms with Gasteiger partial charge >= 0.3 is 0 Å². The van der Waals surface area contributed by atoms with E-state index in [4.69, 9.17) is 0 Å². The largest absolute Gasteiger partial charge is 0.305 e. The van der Waals surface area contributed by atoms with Gasteiger partial charge in [-0.3, -0.25) is 0 Å². The van der Waals surface area contributed by atoms with Gasteiger partial charge in [-0.05, 0) is 50.9 Å². The molecule has 0 spiro atoms. The van der Waals surface area contributed by atoms with E-state index in [1.807, 2.05) is 0 Å². The fourth-order valence-corrected chi connectivity index (χ4v) is 4.14. The lowest BCUT2D eigenvalue weighted by atomic mass is 9.76. The van der Waals surface area contributed by atoms with Crippen molar-refractivity contribution < 1.29 is 0 Å². The molecule has 114 valence electrons. The molecule has 3 unspecified atom stereocenters. The maximum Gasteiger partial charge on any atom is 0.110 e. The SMILES string of the molecule is Cc1csc(C(C)NC2CCCC(C(C)(C)C)CC2)n1. The molecule has 3 heteroatoms. The highest BCUT2D eigenvalue weighted by atomic mass is 32.1. The summed E-state index contributed by atoms with van der Waals surface area (Å²) in [5.74, 6) is 0.881. The van der Waals surface area contributed by atoms with Crippen LogP contribution in [0.25, 0.3) is 0 Å². The zero-order chi connectivity index (χ0) is 14.8. The number of aryl methyl sites for hydroxylation is 1. The van der Waals surface area contributed by atoms with Gasteiger partial charge < -0.3 is 5.32 Å². The van der Waals surface area contributed by atoms with Crippen LogP contribution in [-0.2, 0) is 0 Å². The van der Waals surface area contributed by atoms with Crippen molar-refractivity contribution in [3.05, 3.63) is 16.1 Å². The average Bonchev–Trinajstić information content (AvgIpc) is 2.64. The Labute approximate surface area is 128 Å². The number of rotatable bonds is 3. The lowest BCUT2D eigenvalue weighted by molar-refractivity contribution is 0.213. The van der Waals surface area contributed by atoms with Crippen molar-refractivity contribution in [1.82, 2.24) is 10.3 Å². The van der Waals surface area contributed by atoms with E-state index in [0.29, 0.717) is 17.5 Å². The number of hydrogen-bond donors (Lipinski definition) is 1. The second-order valence-electron chi connectivity index (χ2n) is 7.48. The average molecular weight is 295 g/mol. The maximum atomic E-state index is 4.61. The summed E-state index contributed by atoms with van der Waals surface area (Å²) in [6.45, 7) is 11.5. The van der Waals surface area contributed by atoms with Crippen LogP contribution in [0.15, 0.2) is 5.38 Å². The molecule has 0 aromatic carbocycles. The molecule has 0 amide bonds. The second kappa shape index (κ2) is 6.57. The molecule has 20 heavy (non-hydrogen) atoms. The first kappa shape index (κ1) is 16.0. The smallest absolute Gasteiger partial charge is 0.110 e. The predicted octanol–water partition coefficient (Wildman–Crippen LogP) is 5.10. The van der Waals surface area contributed by atoms with Crippen molar-refractivity contribution in [2.75, 3.05) is 0 Å². The minimum Gasteiger partial charge on any atom is -0.305 e. The van der Waals surface area contributed by atoms with Gasteiger partial charge in [0.15, 0.2) is 0 Å². The summed E-state index contributed by atoms with van der Waals surface area (Å²) in [6, 6.07) is 1.06. The van der Waals surface area contributed by atoms with E-state index in [0.717, 1.165) is 11.6 Å². The maximum absolute atomic E-state index is 4.61. The van der Waals surface area contributed by atoms with Gasteiger partial charge in [0.2, 0.25) is 0 Å². The van der Waals surface area contributed by atoms with Crippen LogP contribution in [0, 0.1) is 18.3 Å². The molecule has 0 aliphatic heterocycles. The molecule has 0 saturated heterocycles. The van der Waals surface area contributed by atoms with Gasteiger partial charge in [0.05, 0.1) is 6.04 Å². The molecule has 3 atom stereocenters. The number of nitrogens with zero attached hydrogens (tertiary/aromatic N) is 1. The third-order valence-corrected chi connectivity index (χ3v) is 5.83. The molecule has 1 aromatic rings. The molecule has 1 aliphatic rings. The fourth-order valence-electron chi connectivity index (χ4n) is 3.33. The molecule has 1 aromatic heterocycles. The number of aromatic nitrogens is 1. The van der Waals surface area contributed by atoms with Gasteiger partial charge in [-0.1, -0.05) is 27.2 Å². The molecule has 1 heterocycles. The monoisotopic (exact) mass is 294 g/mol. The number of nitrogens with one attached hydrogen (secondary N) is 1. The molecular weight excluding hydrogens is 264 g/mol. The third-order valence-electron chi connectivity index (χ3n) is 4.69. The first-order valence-electron chi connectivity index (χ1n) is 8.04. The Balaban J connectivity index is 1.88. The van der Waals surface area contributed by atoms with Crippen LogP contribution in [0.1, 0.15) is 76.5 Å². The quantitative estimate of drug-likeness (QED) is 0.785. The highest BCUT2D eigenvalue weighted by Crippen LogP contribution is 2.37. The minimum absolute atomic E-state index is 0.393. The summed E-state index contributed by atoms with van der Waals surface area (Å²) in [4.78, 5) is 4.61. The Morgan fingerprint density at radius 3 is 2.60 bits per heavy atom. The molecule has 1 fully saturated rings. The first-order valence-corrected chi connectivity index (χ1v) is 8.92. The zero-order valence-electron chi connectivity index (χ0n) is 13.7. The molecule has 1 N–H and O–H groups in total. The third kappa shape index (κ3) is 4.29. The van der Waals surface area contributed by atoms with Crippen LogP contribution in [0.2, 0.25) is 0 Å². The van der Waals surface area contributed by atoms with Gasteiger partial charge in [-0.2, -0.15) is 0 Å². The highest BCUT2D eigenvalue weighted by Gasteiger charge is 2.28. The summed E-state index contributed by atoms with van der Waals surface area (Å²) < 4.78 is 0. The normalized spacial score (nSPS) is 26.2. The van der Waals surface area contributed by atoms with Crippen LogP contribution in [0.4, 0.5) is 0 Å². The standard InChI is InChI=1S/C17H30N2S/c1-12-11-20-16(18-12)13(2)19-15-8-6-7-14(9-10-15)17(3,4)5/h11,13-15,19H,6-10H2,1-5H3. The molecule has 0 radical (unpaired) electrons. The van der Waals surface area contributed by atoms with E-state index < -0.39 is 0 Å². The highest BCUT2D eigenvalue weighted by molar-refractivity contribution is 7.09. The summed E-state index contributed by atoms with van der Waals surface area (Å²) in [6.07, 6.45) is 6.76. The van der Waals surface area contributed by atoms with E-state index in [9.17, 15) is 0 Å². The van der Waals surface area contributed by atoms with Crippen molar-refractivity contribution in [3.8, 4) is 0 Å². The Bertz CT molecular complexity index is 419. The number of hydrogen-bond acceptors (Lipinski definition) is 3. The van der Waals surface area contributed by atoms with Gasteiger partial charge in [0.25, 0.3) is 0 Å². The second-order valence-corrected chi connectivity index (χ2v) is 8.37. The Kier molecular flexibility index (Phi) is 5.25. The topological polar surface area (TPSA) is 24.9 Å². The van der Waals surface area contributed by atoms with Crippen molar-refractivity contribution in [2.45, 2.75) is 78.8 Å². The summed E-state index contributed by atoms with van der Waals surface area (Å²) in [5.41, 5.74) is 1.61. The van der Waals surface area contributed by atoms with Gasteiger partial charge in [0.1, 0.15) is 5.01 Å². The summed E-state index contributed by atoms with van der Waals surface area (Å²) in [7, 11) is 0. The molecule has 2 rings (SSSR count). The van der Waals surface area contributed by atoms with Crippen LogP contribution < -0.4 is 5.32 Å². The van der Waals surface area contributed by atoms with Crippen molar-refractivity contribution in [3.63, 3.8) is 0 Å². The van der Waals surface area contributed by atoms with Crippen molar-refractivity contribution >= 4 is 11.3 Å². The summed E-state index contributed by atoms with van der Waals surface area (Å²) in [5, 5.41) is 7.19. The Hall–Kier alpha value is -0.410. The van der Waals surface area contributed by atoms with Gasteiger partial charge in [0, 0.05) is 17.1 Å². The summed E-state index contributed by atoms with van der Waals surface area (Å²) >= 11 is 1.78. The van der Waals surface area contributed by atoms with Gasteiger partial charge in [-0.15, -0.1) is 11.3 Å². The molecule has 2 nitrogen and oxygen atoms in total. The van der Waals surface area contributed by atoms with E-state index in [2.05, 4.69) is 50.3 Å². The van der Waals surface area contributed by atoms with E-state index in [-0.39, 0.29) is 0 Å². The zero-order valence-corrected chi connectivity index (χ0v) is 14.5. The molecule has 0 bridgehead atoms. The van der Waals surface area contributed by atoms with Crippen molar-refractivity contribution in [2.24, 2.45) is 11.3 Å².